The fourth-order valence-corrected chi connectivity index (χ4v) is 2.52. The van der Waals surface area contributed by atoms with E-state index in [1.54, 1.807) is 54.6 Å². The highest BCUT2D eigenvalue weighted by molar-refractivity contribution is 6.17. The van der Waals surface area contributed by atoms with Gasteiger partial charge in [-0.05, 0) is 36.4 Å². The van der Waals surface area contributed by atoms with Crippen LogP contribution in [0.15, 0.2) is 75.9 Å². The molecule has 4 aromatic rings. The molecule has 0 bridgehead atoms. The van der Waals surface area contributed by atoms with Crippen molar-refractivity contribution >= 4 is 28.3 Å². The van der Waals surface area contributed by atoms with E-state index in [9.17, 15) is 9.59 Å². The monoisotopic (exact) mass is 332 g/mol. The number of nitrogens with one attached hydrogen (secondary N) is 1. The summed E-state index contributed by atoms with van der Waals surface area (Å²) in [7, 11) is 0. The van der Waals surface area contributed by atoms with Gasteiger partial charge in [-0.3, -0.25) is 14.6 Å². The minimum atomic E-state index is -0.447. The molecule has 122 valence electrons. The fourth-order valence-electron chi connectivity index (χ4n) is 2.52. The van der Waals surface area contributed by atoms with Gasteiger partial charge in [-0.15, -0.1) is 0 Å². The maximum absolute atomic E-state index is 12.7. The Balaban J connectivity index is 1.80. The van der Waals surface area contributed by atoms with E-state index in [2.05, 4.69) is 10.3 Å². The number of ketones is 1. The van der Waals surface area contributed by atoms with E-state index in [-0.39, 0.29) is 17.2 Å². The second-order valence-corrected chi connectivity index (χ2v) is 5.28. The van der Waals surface area contributed by atoms with Crippen molar-refractivity contribution in [2.75, 3.05) is 5.32 Å². The summed E-state index contributed by atoms with van der Waals surface area (Å²) in [6.07, 6.45) is 2.93. The molecule has 0 aliphatic carbocycles. The molecule has 1 aromatic carbocycles. The predicted octanol–water partition coefficient (Wildman–Crippen LogP) is 3.90. The number of rotatable bonds is 4. The van der Waals surface area contributed by atoms with Gasteiger partial charge in [0.05, 0.1) is 12.0 Å². The van der Waals surface area contributed by atoms with Crippen LogP contribution in [0.4, 0.5) is 5.69 Å². The molecule has 4 rings (SSSR count). The van der Waals surface area contributed by atoms with Crippen molar-refractivity contribution in [3.8, 4) is 0 Å². The number of furan rings is 2. The maximum atomic E-state index is 12.7. The largest absolute Gasteiger partial charge is 0.461 e. The van der Waals surface area contributed by atoms with Gasteiger partial charge in [0.2, 0.25) is 5.76 Å². The topological polar surface area (TPSA) is 85.3 Å². The van der Waals surface area contributed by atoms with Crippen LogP contribution in [0.3, 0.4) is 0 Å². The number of anilines is 1. The molecule has 0 aliphatic rings. The molecule has 3 aromatic heterocycles. The summed E-state index contributed by atoms with van der Waals surface area (Å²) in [6.45, 7) is 0. The minimum absolute atomic E-state index is 0.0143. The number of fused-ring (bicyclic) bond motifs is 1. The van der Waals surface area contributed by atoms with E-state index in [1.807, 2.05) is 0 Å². The van der Waals surface area contributed by atoms with Crippen molar-refractivity contribution in [3.63, 3.8) is 0 Å². The van der Waals surface area contributed by atoms with Crippen LogP contribution in [0, 0.1) is 0 Å². The Morgan fingerprint density at radius 3 is 2.56 bits per heavy atom. The number of pyridine rings is 1. The number of para-hydroxylation sites is 1. The normalized spacial score (nSPS) is 10.7. The lowest BCUT2D eigenvalue weighted by Crippen LogP contribution is -2.15. The molecule has 1 amide bonds. The first kappa shape index (κ1) is 14.9. The summed E-state index contributed by atoms with van der Waals surface area (Å²) >= 11 is 0. The molecule has 0 spiro atoms. The van der Waals surface area contributed by atoms with Gasteiger partial charge in [-0.1, -0.05) is 18.2 Å². The van der Waals surface area contributed by atoms with Gasteiger partial charge in [0, 0.05) is 11.6 Å². The van der Waals surface area contributed by atoms with Gasteiger partial charge >= 0.3 is 0 Å². The summed E-state index contributed by atoms with van der Waals surface area (Å²) in [5, 5.41) is 3.36. The van der Waals surface area contributed by atoms with Crippen molar-refractivity contribution in [1.29, 1.82) is 0 Å². The number of carbonyl (C=O) groups excluding carboxylic acids is 2. The lowest BCUT2D eigenvalue weighted by atomic mass is 10.1. The third-order valence-electron chi connectivity index (χ3n) is 3.68. The highest BCUT2D eigenvalue weighted by Gasteiger charge is 2.25. The molecule has 1 N–H and O–H groups in total. The smallest absolute Gasteiger partial charge is 0.274 e. The number of aromatic nitrogens is 1. The van der Waals surface area contributed by atoms with Crippen molar-refractivity contribution in [2.24, 2.45) is 0 Å². The van der Waals surface area contributed by atoms with Crippen LogP contribution in [-0.4, -0.2) is 16.7 Å². The van der Waals surface area contributed by atoms with Gasteiger partial charge < -0.3 is 14.2 Å². The van der Waals surface area contributed by atoms with Crippen LogP contribution in [0.2, 0.25) is 0 Å². The van der Waals surface area contributed by atoms with Crippen LogP contribution in [0.25, 0.3) is 11.0 Å². The molecular formula is C19H12N2O4. The molecule has 0 fully saturated rings. The average molecular weight is 332 g/mol. The summed E-state index contributed by atoms with van der Waals surface area (Å²) in [5.41, 5.74) is 1.03. The van der Waals surface area contributed by atoms with Gasteiger partial charge in [0.25, 0.3) is 11.7 Å². The van der Waals surface area contributed by atoms with E-state index < -0.39 is 11.7 Å². The van der Waals surface area contributed by atoms with Gasteiger partial charge in [0.1, 0.15) is 11.3 Å². The van der Waals surface area contributed by atoms with Crippen molar-refractivity contribution < 1.29 is 18.4 Å². The molecular weight excluding hydrogens is 320 g/mol. The zero-order valence-corrected chi connectivity index (χ0v) is 12.9. The fraction of sp³-hybridized carbons (Fsp3) is 0. The SMILES string of the molecule is O=C(Nc1c(C(=O)c2ccco2)oc2ccccc12)c1ccccn1. The number of hydrogen-bond acceptors (Lipinski definition) is 5. The molecule has 25 heavy (non-hydrogen) atoms. The number of benzene rings is 1. The highest BCUT2D eigenvalue weighted by Crippen LogP contribution is 2.32. The predicted molar refractivity (Wildman–Crippen MR) is 90.5 cm³/mol. The van der Waals surface area contributed by atoms with E-state index in [1.165, 1.54) is 12.5 Å². The van der Waals surface area contributed by atoms with Crippen molar-refractivity contribution in [2.45, 2.75) is 0 Å². The number of nitrogens with zero attached hydrogens (tertiary/aromatic N) is 1. The summed E-state index contributed by atoms with van der Waals surface area (Å²) in [5.74, 6) is -0.731. The first-order chi connectivity index (χ1) is 12.2. The first-order valence-corrected chi connectivity index (χ1v) is 7.56. The Morgan fingerprint density at radius 1 is 0.960 bits per heavy atom. The van der Waals surface area contributed by atoms with Crippen LogP contribution in [0.1, 0.15) is 26.8 Å². The third kappa shape index (κ3) is 2.70. The molecule has 0 atom stereocenters. The molecule has 6 nitrogen and oxygen atoms in total. The number of carbonyl (C=O) groups is 2. The Bertz CT molecular complexity index is 1050. The standard InChI is InChI=1S/C19H12N2O4/c22-17(15-9-5-11-24-15)18-16(12-6-1-2-8-14(12)25-18)21-19(23)13-7-3-4-10-20-13/h1-11H,(H,21,23). The lowest BCUT2D eigenvalue weighted by Gasteiger charge is -2.04. The summed E-state index contributed by atoms with van der Waals surface area (Å²) < 4.78 is 10.8. The molecule has 3 heterocycles. The molecule has 0 aliphatic heterocycles. The zero-order chi connectivity index (χ0) is 17.2. The first-order valence-electron chi connectivity index (χ1n) is 7.56. The summed E-state index contributed by atoms with van der Waals surface area (Å²) in [4.78, 5) is 29.1. The second-order valence-electron chi connectivity index (χ2n) is 5.28. The van der Waals surface area contributed by atoms with Gasteiger partial charge in [-0.25, -0.2) is 0 Å². The van der Waals surface area contributed by atoms with Gasteiger partial charge in [-0.2, -0.15) is 0 Å². The van der Waals surface area contributed by atoms with E-state index in [0.29, 0.717) is 16.7 Å². The lowest BCUT2D eigenvalue weighted by molar-refractivity contribution is 0.0986. The van der Waals surface area contributed by atoms with Crippen molar-refractivity contribution in [1.82, 2.24) is 4.98 Å². The molecule has 0 radical (unpaired) electrons. The zero-order valence-electron chi connectivity index (χ0n) is 12.9. The molecule has 0 saturated carbocycles. The van der Waals surface area contributed by atoms with E-state index in [4.69, 9.17) is 8.83 Å². The number of hydrogen-bond donors (Lipinski definition) is 1. The highest BCUT2D eigenvalue weighted by atomic mass is 16.4. The molecule has 0 saturated heterocycles. The van der Waals surface area contributed by atoms with E-state index >= 15 is 0 Å². The van der Waals surface area contributed by atoms with Crippen molar-refractivity contribution in [3.05, 3.63) is 84.3 Å². The third-order valence-corrected chi connectivity index (χ3v) is 3.68. The van der Waals surface area contributed by atoms with Crippen LogP contribution in [-0.2, 0) is 0 Å². The molecule has 0 unspecified atom stereocenters. The number of amides is 1. The Morgan fingerprint density at radius 2 is 1.80 bits per heavy atom. The Labute approximate surface area is 142 Å². The quantitative estimate of drug-likeness (QED) is 0.573. The Kier molecular flexibility index (Phi) is 3.63. The average Bonchev–Trinajstić information content (AvgIpc) is 3.30. The van der Waals surface area contributed by atoms with Crippen LogP contribution < -0.4 is 5.32 Å². The Hall–Kier alpha value is -3.67. The van der Waals surface area contributed by atoms with Crippen LogP contribution >= 0.6 is 0 Å². The maximum Gasteiger partial charge on any atom is 0.274 e. The summed E-state index contributed by atoms with van der Waals surface area (Å²) in [6, 6.07) is 15.3. The minimum Gasteiger partial charge on any atom is -0.461 e. The second kappa shape index (κ2) is 6.09. The molecule has 6 heteroatoms. The van der Waals surface area contributed by atoms with E-state index in [0.717, 1.165) is 0 Å². The van der Waals surface area contributed by atoms with Crippen LogP contribution in [0.5, 0.6) is 0 Å². The van der Waals surface area contributed by atoms with Gasteiger partial charge in [0.15, 0.2) is 5.76 Å².